The predicted octanol–water partition coefficient (Wildman–Crippen LogP) is 2.24. The van der Waals surface area contributed by atoms with Gasteiger partial charge in [-0.05, 0) is 30.4 Å². The molecule has 0 spiro atoms. The van der Waals surface area contributed by atoms with Gasteiger partial charge < -0.3 is 10.4 Å². The van der Waals surface area contributed by atoms with Gasteiger partial charge in [0.15, 0.2) is 0 Å². The van der Waals surface area contributed by atoms with Crippen LogP contribution in [0.2, 0.25) is 0 Å². The molecule has 0 aliphatic heterocycles. The van der Waals surface area contributed by atoms with E-state index in [9.17, 15) is 9.90 Å². The number of nitrogens with one attached hydrogen (secondary N) is 1. The Hall–Kier alpha value is -1.35. The van der Waals surface area contributed by atoms with Gasteiger partial charge in [0, 0.05) is 12.0 Å². The topological polar surface area (TPSA) is 49.3 Å². The number of aliphatic hydroxyl groups is 1. The highest BCUT2D eigenvalue weighted by molar-refractivity contribution is 5.86. The Bertz CT molecular complexity index is 444. The van der Waals surface area contributed by atoms with E-state index in [2.05, 4.69) is 25.2 Å². The van der Waals surface area contributed by atoms with E-state index in [0.717, 1.165) is 24.8 Å². The summed E-state index contributed by atoms with van der Waals surface area (Å²) in [5, 5.41) is 12.5. The van der Waals surface area contributed by atoms with Crippen LogP contribution in [-0.4, -0.2) is 24.2 Å². The zero-order valence-corrected chi connectivity index (χ0v) is 11.8. The highest BCUT2D eigenvalue weighted by Crippen LogP contribution is 2.35. The van der Waals surface area contributed by atoms with E-state index in [1.54, 1.807) is 0 Å². The third-order valence-corrected chi connectivity index (χ3v) is 4.64. The van der Waals surface area contributed by atoms with E-state index in [1.807, 2.05) is 18.2 Å². The third kappa shape index (κ3) is 2.66. The first-order chi connectivity index (χ1) is 9.15. The summed E-state index contributed by atoms with van der Waals surface area (Å²) in [6, 6.07) is 8.10. The first-order valence-electron chi connectivity index (χ1n) is 7.12. The summed E-state index contributed by atoms with van der Waals surface area (Å²) in [7, 11) is 0. The highest BCUT2D eigenvalue weighted by atomic mass is 16.3. The lowest BCUT2D eigenvalue weighted by Crippen LogP contribution is -2.43. The highest BCUT2D eigenvalue weighted by Gasteiger charge is 2.33. The third-order valence-electron chi connectivity index (χ3n) is 4.64. The zero-order valence-electron chi connectivity index (χ0n) is 11.8. The van der Waals surface area contributed by atoms with Gasteiger partial charge in [-0.25, -0.2) is 0 Å². The zero-order chi connectivity index (χ0) is 13.9. The summed E-state index contributed by atoms with van der Waals surface area (Å²) in [6.07, 6.45) is 2.59. The number of hydrogen-bond acceptors (Lipinski definition) is 2. The molecule has 1 aliphatic rings. The van der Waals surface area contributed by atoms with Gasteiger partial charge in [-0.3, -0.25) is 4.79 Å². The lowest BCUT2D eigenvalue weighted by atomic mass is 9.76. The number of hydrogen-bond donors (Lipinski definition) is 2. The van der Waals surface area contributed by atoms with Crippen LogP contribution in [0, 0.1) is 5.41 Å². The first kappa shape index (κ1) is 14.1. The van der Waals surface area contributed by atoms with Crippen LogP contribution < -0.4 is 5.32 Å². The Morgan fingerprint density at radius 1 is 1.37 bits per heavy atom. The average Bonchev–Trinajstić information content (AvgIpc) is 2.42. The summed E-state index contributed by atoms with van der Waals surface area (Å²) in [6.45, 7) is 4.81. The molecule has 0 heterocycles. The molecule has 3 heteroatoms. The molecule has 1 atom stereocenters. The molecule has 0 saturated carbocycles. The Labute approximate surface area is 115 Å². The van der Waals surface area contributed by atoms with Crippen LogP contribution in [0.5, 0.6) is 0 Å². The fourth-order valence-electron chi connectivity index (χ4n) is 2.67. The average molecular weight is 261 g/mol. The van der Waals surface area contributed by atoms with E-state index in [1.165, 1.54) is 5.56 Å². The molecule has 19 heavy (non-hydrogen) atoms. The first-order valence-corrected chi connectivity index (χ1v) is 7.12. The predicted molar refractivity (Wildman–Crippen MR) is 76.0 cm³/mol. The number of carbonyl (C=O) groups excluding carboxylic acids is 1. The van der Waals surface area contributed by atoms with Crippen molar-refractivity contribution in [3.05, 3.63) is 35.4 Å². The van der Waals surface area contributed by atoms with Crippen molar-refractivity contribution in [2.45, 2.75) is 39.0 Å². The maximum Gasteiger partial charge on any atom is 0.227 e. The van der Waals surface area contributed by atoms with Crippen molar-refractivity contribution in [2.75, 3.05) is 13.2 Å². The van der Waals surface area contributed by atoms with Crippen molar-refractivity contribution in [2.24, 2.45) is 5.41 Å². The molecule has 1 aliphatic carbocycles. The van der Waals surface area contributed by atoms with Gasteiger partial charge in [0.1, 0.15) is 0 Å². The lowest BCUT2D eigenvalue weighted by molar-refractivity contribution is -0.123. The second-order valence-electron chi connectivity index (χ2n) is 5.54. The Morgan fingerprint density at radius 3 is 2.63 bits per heavy atom. The molecule has 104 valence electrons. The van der Waals surface area contributed by atoms with E-state index in [0.29, 0.717) is 6.54 Å². The standard InChI is InChI=1S/C16H23NO2/c1-3-16(4-2,11-18)10-17-15(19)14-9-12-7-5-6-8-13(12)14/h5-8,14,18H,3-4,9-11H2,1-2H3,(H,17,19). The SMILES string of the molecule is CCC(CC)(CO)CNC(=O)C1Cc2ccccc21. The molecule has 0 saturated heterocycles. The fourth-order valence-corrected chi connectivity index (χ4v) is 2.67. The number of fused-ring (bicyclic) bond motifs is 1. The minimum Gasteiger partial charge on any atom is -0.396 e. The van der Waals surface area contributed by atoms with Crippen LogP contribution in [0.25, 0.3) is 0 Å². The van der Waals surface area contributed by atoms with Crippen LogP contribution in [0.1, 0.15) is 43.7 Å². The molecule has 3 nitrogen and oxygen atoms in total. The minimum absolute atomic E-state index is 0.00121. The smallest absolute Gasteiger partial charge is 0.227 e. The van der Waals surface area contributed by atoms with Crippen molar-refractivity contribution in [3.8, 4) is 0 Å². The molecule has 2 N–H and O–H groups in total. The number of benzene rings is 1. The molecule has 0 bridgehead atoms. The Kier molecular flexibility index (Phi) is 4.25. The van der Waals surface area contributed by atoms with E-state index in [-0.39, 0.29) is 23.8 Å². The van der Waals surface area contributed by atoms with Gasteiger partial charge in [0.25, 0.3) is 0 Å². The maximum atomic E-state index is 12.2. The van der Waals surface area contributed by atoms with E-state index < -0.39 is 0 Å². The second-order valence-corrected chi connectivity index (χ2v) is 5.54. The summed E-state index contributed by atoms with van der Waals surface area (Å²) < 4.78 is 0. The van der Waals surface area contributed by atoms with Crippen LogP contribution in [0.15, 0.2) is 24.3 Å². The van der Waals surface area contributed by atoms with E-state index >= 15 is 0 Å². The monoisotopic (exact) mass is 261 g/mol. The van der Waals surface area contributed by atoms with Gasteiger partial charge in [0.2, 0.25) is 5.91 Å². The molecule has 0 aromatic heterocycles. The van der Waals surface area contributed by atoms with Crippen molar-refractivity contribution in [3.63, 3.8) is 0 Å². The molecule has 1 amide bonds. The quantitative estimate of drug-likeness (QED) is 0.825. The minimum atomic E-state index is -0.168. The fraction of sp³-hybridized carbons (Fsp3) is 0.562. The summed E-state index contributed by atoms with van der Waals surface area (Å²) >= 11 is 0. The van der Waals surface area contributed by atoms with Gasteiger partial charge in [-0.2, -0.15) is 0 Å². The molecular formula is C16H23NO2. The molecule has 1 aromatic carbocycles. The molecule has 1 aromatic rings. The molecule has 1 unspecified atom stereocenters. The number of rotatable bonds is 6. The number of amides is 1. The number of aliphatic hydroxyl groups excluding tert-OH is 1. The van der Waals surface area contributed by atoms with Gasteiger partial charge >= 0.3 is 0 Å². The van der Waals surface area contributed by atoms with Crippen LogP contribution in [-0.2, 0) is 11.2 Å². The summed E-state index contributed by atoms with van der Waals surface area (Å²) in [5.74, 6) is 0.0970. The number of carbonyl (C=O) groups is 1. The van der Waals surface area contributed by atoms with Gasteiger partial charge in [0.05, 0.1) is 12.5 Å². The molecule has 0 fully saturated rings. The van der Waals surface area contributed by atoms with Crippen molar-refractivity contribution in [1.82, 2.24) is 5.32 Å². The Morgan fingerprint density at radius 2 is 2.05 bits per heavy atom. The van der Waals surface area contributed by atoms with Gasteiger partial charge in [-0.15, -0.1) is 0 Å². The van der Waals surface area contributed by atoms with Crippen molar-refractivity contribution >= 4 is 5.91 Å². The summed E-state index contributed by atoms with van der Waals surface area (Å²) in [4.78, 5) is 12.2. The molecule has 2 rings (SSSR count). The van der Waals surface area contributed by atoms with Crippen LogP contribution >= 0.6 is 0 Å². The van der Waals surface area contributed by atoms with Crippen LogP contribution in [0.4, 0.5) is 0 Å². The molecular weight excluding hydrogens is 238 g/mol. The van der Waals surface area contributed by atoms with Crippen LogP contribution in [0.3, 0.4) is 0 Å². The van der Waals surface area contributed by atoms with E-state index in [4.69, 9.17) is 0 Å². The van der Waals surface area contributed by atoms with Crippen molar-refractivity contribution in [1.29, 1.82) is 0 Å². The normalized spacial score (nSPS) is 17.5. The van der Waals surface area contributed by atoms with Gasteiger partial charge in [-0.1, -0.05) is 38.1 Å². The van der Waals surface area contributed by atoms with Crippen molar-refractivity contribution < 1.29 is 9.90 Å². The maximum absolute atomic E-state index is 12.2. The second kappa shape index (κ2) is 5.74. The lowest BCUT2D eigenvalue weighted by Gasteiger charge is -2.33. The summed E-state index contributed by atoms with van der Waals surface area (Å²) in [5.41, 5.74) is 2.27. The molecule has 0 radical (unpaired) electrons. The largest absolute Gasteiger partial charge is 0.396 e. The Balaban J connectivity index is 1.93.